The number of hydrogen-bond donors (Lipinski definition) is 2. The second-order valence-electron chi connectivity index (χ2n) is 13.9. The Hall–Kier alpha value is -2.63. The summed E-state index contributed by atoms with van der Waals surface area (Å²) in [4.78, 5) is 35.0. The highest BCUT2D eigenvalue weighted by Crippen LogP contribution is 2.18. The molecule has 2 N–H and O–H groups in total. The summed E-state index contributed by atoms with van der Waals surface area (Å²) in [5, 5.41) is 11.1. The molecule has 50 heavy (non-hydrogen) atoms. The van der Waals surface area contributed by atoms with Crippen LogP contribution in [-0.2, 0) is 19.1 Å². The summed E-state index contributed by atoms with van der Waals surface area (Å²) in [7, 11) is 0. The van der Waals surface area contributed by atoms with Crippen LogP contribution in [0.25, 0.3) is 0 Å². The molecule has 6 nitrogen and oxygen atoms in total. The topological polar surface area (TPSA) is 92.7 Å². The van der Waals surface area contributed by atoms with Crippen molar-refractivity contribution in [1.82, 2.24) is 5.32 Å². The number of amides is 1. The molecule has 1 unspecified atom stereocenters. The SMILES string of the molecule is CC/C=C\C/C=C\C/C=C\CCCCCCCC(=O)OC(CCC/C=C\CCCCCCCCCC)CCCCCCCC(=O)NCC(=O)O. The van der Waals surface area contributed by atoms with Crippen LogP contribution in [0.4, 0.5) is 0 Å². The molecule has 0 bridgehead atoms. The maximum atomic E-state index is 12.7. The molecule has 0 radical (unpaired) electrons. The van der Waals surface area contributed by atoms with E-state index in [4.69, 9.17) is 9.84 Å². The van der Waals surface area contributed by atoms with Crippen LogP contribution in [0.1, 0.15) is 200 Å². The van der Waals surface area contributed by atoms with E-state index in [2.05, 4.69) is 67.8 Å². The summed E-state index contributed by atoms with van der Waals surface area (Å²) >= 11 is 0. The minimum atomic E-state index is -1.02. The Morgan fingerprint density at radius 1 is 0.540 bits per heavy atom. The zero-order valence-corrected chi connectivity index (χ0v) is 32.5. The third-order valence-corrected chi connectivity index (χ3v) is 8.98. The van der Waals surface area contributed by atoms with Crippen LogP contribution in [0.15, 0.2) is 48.6 Å². The first-order valence-electron chi connectivity index (χ1n) is 20.8. The number of nitrogens with one attached hydrogen (secondary N) is 1. The van der Waals surface area contributed by atoms with E-state index in [0.717, 1.165) is 96.3 Å². The maximum Gasteiger partial charge on any atom is 0.322 e. The molecule has 0 aromatic carbocycles. The third kappa shape index (κ3) is 38.2. The fourth-order valence-electron chi connectivity index (χ4n) is 5.94. The summed E-state index contributed by atoms with van der Waals surface area (Å²) in [6.07, 6.45) is 49.4. The van der Waals surface area contributed by atoms with Crippen molar-refractivity contribution in [3.8, 4) is 0 Å². The van der Waals surface area contributed by atoms with Gasteiger partial charge in [-0.3, -0.25) is 14.4 Å². The summed E-state index contributed by atoms with van der Waals surface area (Å²) in [5.74, 6) is -1.27. The monoisotopic (exact) mass is 700 g/mol. The van der Waals surface area contributed by atoms with E-state index in [1.807, 2.05) is 0 Å². The molecule has 0 fully saturated rings. The van der Waals surface area contributed by atoms with Gasteiger partial charge in [0.15, 0.2) is 0 Å². The molecule has 1 amide bonds. The fourth-order valence-corrected chi connectivity index (χ4v) is 5.94. The van der Waals surface area contributed by atoms with Crippen molar-refractivity contribution in [1.29, 1.82) is 0 Å². The van der Waals surface area contributed by atoms with Gasteiger partial charge in [-0.25, -0.2) is 0 Å². The number of carbonyl (C=O) groups excluding carboxylic acids is 2. The van der Waals surface area contributed by atoms with E-state index >= 15 is 0 Å². The number of carbonyl (C=O) groups is 3. The van der Waals surface area contributed by atoms with Crippen LogP contribution in [-0.4, -0.2) is 35.6 Å². The van der Waals surface area contributed by atoms with E-state index in [9.17, 15) is 14.4 Å². The lowest BCUT2D eigenvalue weighted by Crippen LogP contribution is -2.28. The van der Waals surface area contributed by atoms with Crippen LogP contribution in [0.2, 0.25) is 0 Å². The van der Waals surface area contributed by atoms with Gasteiger partial charge in [0, 0.05) is 12.8 Å². The van der Waals surface area contributed by atoms with Crippen molar-refractivity contribution in [2.45, 2.75) is 206 Å². The first kappa shape index (κ1) is 47.4. The van der Waals surface area contributed by atoms with Crippen molar-refractivity contribution in [3.05, 3.63) is 48.6 Å². The van der Waals surface area contributed by atoms with Gasteiger partial charge in [-0.05, 0) is 89.9 Å². The van der Waals surface area contributed by atoms with Gasteiger partial charge < -0.3 is 15.2 Å². The van der Waals surface area contributed by atoms with Gasteiger partial charge >= 0.3 is 11.9 Å². The first-order valence-corrected chi connectivity index (χ1v) is 20.8. The van der Waals surface area contributed by atoms with Crippen LogP contribution >= 0.6 is 0 Å². The van der Waals surface area contributed by atoms with Crippen molar-refractivity contribution >= 4 is 17.8 Å². The molecule has 0 heterocycles. The van der Waals surface area contributed by atoms with Crippen molar-refractivity contribution in [2.24, 2.45) is 0 Å². The molecule has 0 aromatic heterocycles. The van der Waals surface area contributed by atoms with Gasteiger partial charge in [-0.1, -0.05) is 146 Å². The Bertz CT molecular complexity index is 906. The molecular weight excluding hydrogens is 622 g/mol. The highest BCUT2D eigenvalue weighted by Gasteiger charge is 2.14. The molecule has 0 aliphatic rings. The second-order valence-corrected chi connectivity index (χ2v) is 13.9. The smallest absolute Gasteiger partial charge is 0.322 e. The second kappa shape index (κ2) is 39.2. The van der Waals surface area contributed by atoms with Gasteiger partial charge in [-0.2, -0.15) is 0 Å². The Kier molecular flexibility index (Phi) is 37.1. The number of allylic oxidation sites excluding steroid dienone is 8. The minimum absolute atomic E-state index is 0.0140. The van der Waals surface area contributed by atoms with Crippen LogP contribution in [0.5, 0.6) is 0 Å². The van der Waals surface area contributed by atoms with E-state index in [1.54, 1.807) is 0 Å². The number of rotatable bonds is 37. The quantitative estimate of drug-likeness (QED) is 0.0382. The molecule has 288 valence electrons. The molecule has 1 atom stereocenters. The van der Waals surface area contributed by atoms with Crippen molar-refractivity contribution < 1.29 is 24.2 Å². The predicted molar refractivity (Wildman–Crippen MR) is 212 cm³/mol. The fraction of sp³-hybridized carbons (Fsp3) is 0.750. The predicted octanol–water partition coefficient (Wildman–Crippen LogP) is 12.7. The van der Waals surface area contributed by atoms with Gasteiger partial charge in [0.1, 0.15) is 12.6 Å². The molecule has 0 aliphatic heterocycles. The first-order chi connectivity index (χ1) is 24.5. The molecule has 0 rings (SSSR count). The Morgan fingerprint density at radius 2 is 1.00 bits per heavy atom. The van der Waals surface area contributed by atoms with Gasteiger partial charge in [0.25, 0.3) is 0 Å². The normalized spacial score (nSPS) is 12.5. The number of carboxylic acid groups (broad SMARTS) is 1. The number of esters is 1. The summed E-state index contributed by atoms with van der Waals surface area (Å²) in [6, 6.07) is 0. The molecular formula is C44H77NO5. The maximum absolute atomic E-state index is 12.7. The average Bonchev–Trinajstić information content (AvgIpc) is 3.10. The standard InChI is InChI=1S/C44H77NO5/c1-3-5-7-9-11-13-15-17-18-20-22-24-26-31-35-39-44(49)50-41(37-33-29-27-30-34-38-42(46)45-40-43(47)48)36-32-28-25-23-21-19-16-14-12-10-8-6-4-2/h5,7,11,13,17-18,23,25,41H,3-4,6,8-10,12,14-16,19-22,24,26-40H2,1-2H3,(H,45,46)(H,47,48)/b7-5-,13-11-,18-17-,25-23-. The van der Waals surface area contributed by atoms with E-state index < -0.39 is 5.97 Å². The lowest BCUT2D eigenvalue weighted by molar-refractivity contribution is -0.150. The number of hydrogen-bond acceptors (Lipinski definition) is 4. The minimum Gasteiger partial charge on any atom is -0.480 e. The van der Waals surface area contributed by atoms with E-state index in [1.165, 1.54) is 77.0 Å². The van der Waals surface area contributed by atoms with Gasteiger partial charge in [0.2, 0.25) is 5.91 Å². The van der Waals surface area contributed by atoms with Crippen LogP contribution in [0, 0.1) is 0 Å². The zero-order valence-electron chi connectivity index (χ0n) is 32.5. The molecule has 0 saturated carbocycles. The average molecular weight is 700 g/mol. The lowest BCUT2D eigenvalue weighted by Gasteiger charge is -2.18. The summed E-state index contributed by atoms with van der Waals surface area (Å²) in [5.41, 5.74) is 0. The Labute approximate surface area is 308 Å². The highest BCUT2D eigenvalue weighted by atomic mass is 16.5. The van der Waals surface area contributed by atoms with Crippen LogP contribution < -0.4 is 5.32 Å². The number of carboxylic acids is 1. The Morgan fingerprint density at radius 3 is 1.60 bits per heavy atom. The van der Waals surface area contributed by atoms with Gasteiger partial charge in [0.05, 0.1) is 0 Å². The van der Waals surface area contributed by atoms with Crippen molar-refractivity contribution in [2.75, 3.05) is 6.54 Å². The highest BCUT2D eigenvalue weighted by molar-refractivity contribution is 5.80. The lowest BCUT2D eigenvalue weighted by atomic mass is 10.0. The van der Waals surface area contributed by atoms with Crippen molar-refractivity contribution in [3.63, 3.8) is 0 Å². The zero-order chi connectivity index (χ0) is 36.6. The molecule has 0 aliphatic carbocycles. The number of unbranched alkanes of at least 4 members (excludes halogenated alkanes) is 18. The number of aliphatic carboxylic acids is 1. The van der Waals surface area contributed by atoms with Gasteiger partial charge in [-0.15, -0.1) is 0 Å². The summed E-state index contributed by atoms with van der Waals surface area (Å²) < 4.78 is 6.00. The number of ether oxygens (including phenoxy) is 1. The molecule has 0 aromatic rings. The molecule has 6 heteroatoms. The van der Waals surface area contributed by atoms with Crippen LogP contribution in [0.3, 0.4) is 0 Å². The van der Waals surface area contributed by atoms with E-state index in [0.29, 0.717) is 12.8 Å². The van der Waals surface area contributed by atoms with E-state index in [-0.39, 0.29) is 24.5 Å². The Balaban J connectivity index is 4.26. The molecule has 0 spiro atoms. The summed E-state index contributed by atoms with van der Waals surface area (Å²) in [6.45, 7) is 4.11. The molecule has 0 saturated heterocycles. The largest absolute Gasteiger partial charge is 0.480 e. The third-order valence-electron chi connectivity index (χ3n) is 8.98.